The van der Waals surface area contributed by atoms with Crippen LogP contribution < -0.4 is 5.32 Å². The summed E-state index contributed by atoms with van der Waals surface area (Å²) in [5.41, 5.74) is 3.18. The lowest BCUT2D eigenvalue weighted by Gasteiger charge is -2.18. The van der Waals surface area contributed by atoms with Gasteiger partial charge in [-0.05, 0) is 52.2 Å². The van der Waals surface area contributed by atoms with Crippen LogP contribution in [-0.2, 0) is 4.79 Å². The average Bonchev–Trinajstić information content (AvgIpc) is 3.31. The molecule has 0 saturated carbocycles. The van der Waals surface area contributed by atoms with Crippen LogP contribution in [0.3, 0.4) is 0 Å². The van der Waals surface area contributed by atoms with E-state index in [1.165, 1.54) is 27.6 Å². The van der Waals surface area contributed by atoms with Gasteiger partial charge in [-0.1, -0.05) is 72.4 Å². The number of hydrogen-bond donors (Lipinski definition) is 2. The molecule has 0 saturated heterocycles. The highest BCUT2D eigenvalue weighted by atomic mass is 32.2. The number of hydrogen-bond acceptors (Lipinski definition) is 6. The minimum atomic E-state index is -0.0740. The van der Waals surface area contributed by atoms with Gasteiger partial charge in [0.2, 0.25) is 11.1 Å². The molecular formula is C24H23N5O2S. The first kappa shape index (κ1) is 21.6. The summed E-state index contributed by atoms with van der Waals surface area (Å²) in [5.74, 6) is 0.516. The molecule has 8 heteroatoms. The number of amides is 1. The van der Waals surface area contributed by atoms with E-state index >= 15 is 0 Å². The number of phenolic OH excluding ortho intramolecular Hbond substituents is 1. The van der Waals surface area contributed by atoms with Gasteiger partial charge in [0.15, 0.2) is 0 Å². The van der Waals surface area contributed by atoms with Crippen molar-refractivity contribution in [1.82, 2.24) is 25.5 Å². The van der Waals surface area contributed by atoms with Gasteiger partial charge in [0, 0.05) is 12.5 Å². The maximum atomic E-state index is 12.4. The molecule has 4 aromatic rings. The quantitative estimate of drug-likeness (QED) is 0.381. The second-order valence-electron chi connectivity index (χ2n) is 7.19. The monoisotopic (exact) mass is 445 g/mol. The van der Waals surface area contributed by atoms with Gasteiger partial charge in [0.1, 0.15) is 5.75 Å². The lowest BCUT2D eigenvalue weighted by atomic mass is 9.88. The van der Waals surface area contributed by atoms with E-state index in [1.54, 1.807) is 24.3 Å². The number of carbonyl (C=O) groups excluding carboxylic acids is 1. The smallest absolute Gasteiger partial charge is 0.230 e. The molecule has 7 nitrogen and oxygen atoms in total. The van der Waals surface area contributed by atoms with Crippen LogP contribution in [0, 0.1) is 0 Å². The van der Waals surface area contributed by atoms with Crippen LogP contribution in [0.1, 0.15) is 23.5 Å². The first-order valence-corrected chi connectivity index (χ1v) is 11.3. The van der Waals surface area contributed by atoms with Gasteiger partial charge in [-0.3, -0.25) is 4.79 Å². The highest BCUT2D eigenvalue weighted by molar-refractivity contribution is 7.99. The van der Waals surface area contributed by atoms with E-state index in [1.807, 2.05) is 36.4 Å². The Balaban J connectivity index is 1.32. The molecule has 1 heterocycles. The number of aromatic hydroxyl groups is 1. The van der Waals surface area contributed by atoms with Gasteiger partial charge in [-0.2, -0.15) is 4.68 Å². The Labute approximate surface area is 190 Å². The van der Waals surface area contributed by atoms with Crippen molar-refractivity contribution in [2.24, 2.45) is 0 Å². The first-order valence-electron chi connectivity index (χ1n) is 10.3. The molecule has 0 aliphatic carbocycles. The summed E-state index contributed by atoms with van der Waals surface area (Å²) in [7, 11) is 0. The Hall–Kier alpha value is -3.65. The average molecular weight is 446 g/mol. The predicted octanol–water partition coefficient (Wildman–Crippen LogP) is 3.80. The molecule has 2 N–H and O–H groups in total. The number of carbonyl (C=O) groups is 1. The van der Waals surface area contributed by atoms with Gasteiger partial charge in [-0.25, -0.2) is 0 Å². The molecule has 1 amide bonds. The standard InChI is InChI=1S/C24H23N5O2S/c30-21-13-11-20(12-14-21)29-24(26-27-28-29)32-17-23(31)25-16-15-22(18-7-3-1-4-8-18)19-9-5-2-6-10-19/h1-14,22,30H,15-17H2,(H,25,31). The zero-order valence-corrected chi connectivity index (χ0v) is 18.2. The van der Waals surface area contributed by atoms with Gasteiger partial charge < -0.3 is 10.4 Å². The molecule has 3 aromatic carbocycles. The molecule has 0 radical (unpaired) electrons. The minimum absolute atomic E-state index is 0.0740. The normalized spacial score (nSPS) is 10.9. The summed E-state index contributed by atoms with van der Waals surface area (Å²) in [6.45, 7) is 0.566. The second kappa shape index (κ2) is 10.6. The molecule has 0 bridgehead atoms. The lowest BCUT2D eigenvalue weighted by molar-refractivity contribution is -0.118. The summed E-state index contributed by atoms with van der Waals surface area (Å²) < 4.78 is 1.54. The fourth-order valence-corrected chi connectivity index (χ4v) is 4.18. The van der Waals surface area contributed by atoms with E-state index in [2.05, 4.69) is 45.1 Å². The molecule has 0 unspecified atom stereocenters. The molecule has 0 atom stereocenters. The third-order valence-electron chi connectivity index (χ3n) is 5.03. The number of nitrogens with one attached hydrogen (secondary N) is 1. The van der Waals surface area contributed by atoms with Crippen LogP contribution in [-0.4, -0.2) is 43.5 Å². The van der Waals surface area contributed by atoms with Crippen molar-refractivity contribution in [2.45, 2.75) is 17.5 Å². The molecule has 0 aliphatic rings. The Kier molecular flexibility index (Phi) is 7.14. The molecule has 1 aromatic heterocycles. The van der Waals surface area contributed by atoms with E-state index in [0.29, 0.717) is 17.4 Å². The predicted molar refractivity (Wildman–Crippen MR) is 124 cm³/mol. The van der Waals surface area contributed by atoms with Crippen molar-refractivity contribution >= 4 is 17.7 Å². The van der Waals surface area contributed by atoms with Crippen LogP contribution >= 0.6 is 11.8 Å². The third kappa shape index (κ3) is 5.53. The van der Waals surface area contributed by atoms with Gasteiger partial charge in [0.25, 0.3) is 0 Å². The Morgan fingerprint density at radius 2 is 1.56 bits per heavy atom. The highest BCUT2D eigenvalue weighted by Gasteiger charge is 2.15. The number of phenols is 1. The molecule has 32 heavy (non-hydrogen) atoms. The maximum absolute atomic E-state index is 12.4. The van der Waals surface area contributed by atoms with Gasteiger partial charge >= 0.3 is 0 Å². The zero-order chi connectivity index (χ0) is 22.2. The van der Waals surface area contributed by atoms with Crippen molar-refractivity contribution < 1.29 is 9.90 Å². The van der Waals surface area contributed by atoms with Crippen molar-refractivity contribution in [3.63, 3.8) is 0 Å². The number of rotatable bonds is 9. The third-order valence-corrected chi connectivity index (χ3v) is 5.95. The molecule has 0 aliphatic heterocycles. The largest absolute Gasteiger partial charge is 0.508 e. The highest BCUT2D eigenvalue weighted by Crippen LogP contribution is 2.27. The van der Waals surface area contributed by atoms with Gasteiger partial charge in [0.05, 0.1) is 11.4 Å². The second-order valence-corrected chi connectivity index (χ2v) is 8.13. The SMILES string of the molecule is O=C(CSc1nnnn1-c1ccc(O)cc1)NCCC(c1ccccc1)c1ccccc1. The molecule has 4 rings (SSSR count). The number of benzene rings is 3. The maximum Gasteiger partial charge on any atom is 0.230 e. The number of aromatic nitrogens is 4. The summed E-state index contributed by atoms with van der Waals surface area (Å²) in [6.07, 6.45) is 0.801. The topological polar surface area (TPSA) is 92.9 Å². The zero-order valence-electron chi connectivity index (χ0n) is 17.3. The summed E-state index contributed by atoms with van der Waals surface area (Å²) in [5, 5.41) is 24.6. The fraction of sp³-hybridized carbons (Fsp3) is 0.167. The van der Waals surface area contributed by atoms with Crippen molar-refractivity contribution in [3.8, 4) is 11.4 Å². The van der Waals surface area contributed by atoms with Crippen molar-refractivity contribution in [2.75, 3.05) is 12.3 Å². The van der Waals surface area contributed by atoms with E-state index in [0.717, 1.165) is 6.42 Å². The Bertz CT molecular complexity index is 1090. The van der Waals surface area contributed by atoms with Crippen LogP contribution in [0.5, 0.6) is 5.75 Å². The summed E-state index contributed by atoms with van der Waals surface area (Å²) in [6, 6.07) is 27.2. The van der Waals surface area contributed by atoms with Crippen molar-refractivity contribution in [1.29, 1.82) is 0 Å². The van der Waals surface area contributed by atoms with Crippen LogP contribution in [0.25, 0.3) is 5.69 Å². The van der Waals surface area contributed by atoms with Crippen molar-refractivity contribution in [3.05, 3.63) is 96.1 Å². The first-order chi connectivity index (χ1) is 15.7. The molecule has 162 valence electrons. The fourth-order valence-electron chi connectivity index (χ4n) is 3.46. The molecule has 0 spiro atoms. The number of nitrogens with zero attached hydrogens (tertiary/aromatic N) is 4. The minimum Gasteiger partial charge on any atom is -0.508 e. The van der Waals surface area contributed by atoms with E-state index in [9.17, 15) is 9.90 Å². The van der Waals surface area contributed by atoms with E-state index in [4.69, 9.17) is 0 Å². The molecular weight excluding hydrogens is 422 g/mol. The van der Waals surface area contributed by atoms with Gasteiger partial charge in [-0.15, -0.1) is 5.10 Å². The van der Waals surface area contributed by atoms with Crippen LogP contribution in [0.2, 0.25) is 0 Å². The summed E-state index contributed by atoms with van der Waals surface area (Å²) in [4.78, 5) is 12.4. The Morgan fingerprint density at radius 3 is 2.19 bits per heavy atom. The number of tetrazole rings is 1. The van der Waals surface area contributed by atoms with E-state index in [-0.39, 0.29) is 23.3 Å². The molecule has 0 fully saturated rings. The number of thioether (sulfide) groups is 1. The Morgan fingerprint density at radius 1 is 0.938 bits per heavy atom. The van der Waals surface area contributed by atoms with Crippen LogP contribution in [0.4, 0.5) is 0 Å². The van der Waals surface area contributed by atoms with Crippen LogP contribution in [0.15, 0.2) is 90.1 Å². The van der Waals surface area contributed by atoms with E-state index < -0.39 is 0 Å². The lowest BCUT2D eigenvalue weighted by Crippen LogP contribution is -2.27. The summed E-state index contributed by atoms with van der Waals surface area (Å²) >= 11 is 1.26.